The predicted molar refractivity (Wildman–Crippen MR) is 128 cm³/mol. The van der Waals surface area contributed by atoms with Crippen LogP contribution in [0.4, 0.5) is 5.69 Å². The van der Waals surface area contributed by atoms with Gasteiger partial charge in [0.1, 0.15) is 5.75 Å². The zero-order chi connectivity index (χ0) is 24.9. The number of aliphatic hydroxyl groups is 1. The van der Waals surface area contributed by atoms with E-state index in [1.54, 1.807) is 0 Å². The first-order chi connectivity index (χ1) is 16.3. The van der Waals surface area contributed by atoms with E-state index < -0.39 is 11.0 Å². The number of benzene rings is 1. The third-order valence-electron chi connectivity index (χ3n) is 6.13. The van der Waals surface area contributed by atoms with Gasteiger partial charge < -0.3 is 19.5 Å². The lowest BCUT2D eigenvalue weighted by Crippen LogP contribution is -2.42. The van der Waals surface area contributed by atoms with Crippen LogP contribution in [-0.4, -0.2) is 52.6 Å². The number of aliphatic hydroxyl groups excluding tert-OH is 1. The Balaban J connectivity index is 1.75. The average molecular weight is 479 g/mol. The SMILES string of the molecule is CC(=O)OCCCN(C(=O)CCCCCOc1ccc([N+](=O)[O-])c(C(C)O)c1)C1CCCCC1. The molecule has 1 unspecified atom stereocenters. The molecule has 9 nitrogen and oxygen atoms in total. The van der Waals surface area contributed by atoms with Gasteiger partial charge in [0.2, 0.25) is 5.91 Å². The Labute approximate surface area is 201 Å². The van der Waals surface area contributed by atoms with E-state index in [0.717, 1.165) is 44.9 Å². The van der Waals surface area contributed by atoms with Crippen LogP contribution in [0.3, 0.4) is 0 Å². The summed E-state index contributed by atoms with van der Waals surface area (Å²) >= 11 is 0. The number of amides is 1. The lowest BCUT2D eigenvalue weighted by molar-refractivity contribution is -0.386. The molecule has 0 saturated heterocycles. The number of rotatable bonds is 14. The van der Waals surface area contributed by atoms with Crippen LogP contribution in [0.15, 0.2) is 18.2 Å². The largest absolute Gasteiger partial charge is 0.494 e. The van der Waals surface area contributed by atoms with Crippen molar-refractivity contribution < 1.29 is 29.1 Å². The minimum atomic E-state index is -0.962. The summed E-state index contributed by atoms with van der Waals surface area (Å²) in [6.07, 6.45) is 8.10. The Hall–Kier alpha value is -2.68. The maximum Gasteiger partial charge on any atom is 0.302 e. The Bertz CT molecular complexity index is 806. The molecule has 0 radical (unpaired) electrons. The van der Waals surface area contributed by atoms with Gasteiger partial charge in [0.25, 0.3) is 5.69 Å². The van der Waals surface area contributed by atoms with Gasteiger partial charge in [0.05, 0.1) is 29.8 Å². The zero-order valence-corrected chi connectivity index (χ0v) is 20.4. The molecule has 0 aromatic heterocycles. The normalized spacial score (nSPS) is 14.9. The molecule has 1 amide bonds. The molecule has 1 aliphatic rings. The molecule has 0 bridgehead atoms. The molecule has 1 aliphatic carbocycles. The number of nitrogens with zero attached hydrogens (tertiary/aromatic N) is 2. The van der Waals surface area contributed by atoms with Crippen molar-refractivity contribution in [1.29, 1.82) is 0 Å². The van der Waals surface area contributed by atoms with Crippen LogP contribution >= 0.6 is 0 Å². The second-order valence-corrected chi connectivity index (χ2v) is 8.89. The van der Waals surface area contributed by atoms with Crippen LogP contribution in [-0.2, 0) is 14.3 Å². The van der Waals surface area contributed by atoms with Gasteiger partial charge in [0, 0.05) is 32.0 Å². The van der Waals surface area contributed by atoms with Crippen LogP contribution in [0, 0.1) is 10.1 Å². The summed E-state index contributed by atoms with van der Waals surface area (Å²) < 4.78 is 10.7. The number of hydrogen-bond acceptors (Lipinski definition) is 7. The molecule has 2 rings (SSSR count). The van der Waals surface area contributed by atoms with Gasteiger partial charge >= 0.3 is 5.97 Å². The predicted octanol–water partition coefficient (Wildman–Crippen LogP) is 4.70. The van der Waals surface area contributed by atoms with Gasteiger partial charge in [0.15, 0.2) is 0 Å². The van der Waals surface area contributed by atoms with E-state index in [1.807, 2.05) is 4.90 Å². The molecule has 1 atom stereocenters. The monoisotopic (exact) mass is 478 g/mol. The van der Waals surface area contributed by atoms with E-state index >= 15 is 0 Å². The minimum Gasteiger partial charge on any atom is -0.494 e. The number of ether oxygens (including phenoxy) is 2. The van der Waals surface area contributed by atoms with E-state index in [4.69, 9.17) is 9.47 Å². The number of nitro groups is 1. The third-order valence-corrected chi connectivity index (χ3v) is 6.13. The van der Waals surface area contributed by atoms with Crippen molar-refractivity contribution in [3.8, 4) is 5.75 Å². The number of carbonyl (C=O) groups excluding carboxylic acids is 2. The minimum absolute atomic E-state index is 0.128. The van der Waals surface area contributed by atoms with Crippen LogP contribution < -0.4 is 4.74 Å². The second-order valence-electron chi connectivity index (χ2n) is 8.89. The molecule has 1 N–H and O–H groups in total. The molecular formula is C25H38N2O7. The lowest BCUT2D eigenvalue weighted by Gasteiger charge is -2.34. The summed E-state index contributed by atoms with van der Waals surface area (Å²) in [5.41, 5.74) is 0.0980. The van der Waals surface area contributed by atoms with E-state index in [-0.39, 0.29) is 29.2 Å². The topological polar surface area (TPSA) is 119 Å². The Morgan fingerprint density at radius 2 is 1.88 bits per heavy atom. The first-order valence-electron chi connectivity index (χ1n) is 12.3. The fraction of sp³-hybridized carbons (Fsp3) is 0.680. The molecule has 1 aromatic carbocycles. The standard InChI is InChI=1S/C25H38N2O7/c1-19(28)23-18-22(13-14-24(23)27(31)32)34-16-8-4-7-12-25(30)26(15-9-17-33-20(2)29)21-10-5-3-6-11-21/h13-14,18-19,21,28H,3-12,15-17H2,1-2H3. The summed E-state index contributed by atoms with van der Waals surface area (Å²) in [4.78, 5) is 36.5. The summed E-state index contributed by atoms with van der Waals surface area (Å²) in [6, 6.07) is 4.67. The molecule has 1 saturated carbocycles. The van der Waals surface area contributed by atoms with Crippen LogP contribution in [0.2, 0.25) is 0 Å². The van der Waals surface area contributed by atoms with Crippen molar-refractivity contribution in [2.75, 3.05) is 19.8 Å². The van der Waals surface area contributed by atoms with E-state index in [0.29, 0.717) is 38.3 Å². The zero-order valence-electron chi connectivity index (χ0n) is 20.4. The van der Waals surface area contributed by atoms with E-state index in [9.17, 15) is 24.8 Å². The summed E-state index contributed by atoms with van der Waals surface area (Å²) in [6.45, 7) is 4.26. The smallest absolute Gasteiger partial charge is 0.302 e. The van der Waals surface area contributed by atoms with Gasteiger partial charge in [-0.3, -0.25) is 19.7 Å². The van der Waals surface area contributed by atoms with Crippen molar-refractivity contribution in [1.82, 2.24) is 4.90 Å². The van der Waals surface area contributed by atoms with Crippen LogP contribution in [0.25, 0.3) is 0 Å². The summed E-state index contributed by atoms with van der Waals surface area (Å²) in [5, 5.41) is 20.9. The van der Waals surface area contributed by atoms with Crippen LogP contribution in [0.1, 0.15) is 89.7 Å². The number of nitro benzene ring substituents is 1. The van der Waals surface area contributed by atoms with Crippen molar-refractivity contribution in [2.24, 2.45) is 0 Å². The summed E-state index contributed by atoms with van der Waals surface area (Å²) in [5.74, 6) is 0.343. The third kappa shape index (κ3) is 9.29. The first-order valence-corrected chi connectivity index (χ1v) is 12.3. The maximum atomic E-state index is 12.9. The Morgan fingerprint density at radius 1 is 1.15 bits per heavy atom. The van der Waals surface area contributed by atoms with Gasteiger partial charge in [-0.05, 0) is 57.6 Å². The molecule has 0 aliphatic heterocycles. The molecule has 0 heterocycles. The lowest BCUT2D eigenvalue weighted by atomic mass is 9.93. The number of hydrogen-bond donors (Lipinski definition) is 1. The maximum absolute atomic E-state index is 12.9. The molecule has 9 heteroatoms. The van der Waals surface area contributed by atoms with Crippen molar-refractivity contribution >= 4 is 17.6 Å². The molecule has 0 spiro atoms. The first kappa shape index (κ1) is 27.6. The number of unbranched alkanes of at least 4 members (excludes halogenated alkanes) is 2. The second kappa shape index (κ2) is 14.6. The highest BCUT2D eigenvalue weighted by Crippen LogP contribution is 2.29. The van der Waals surface area contributed by atoms with Crippen molar-refractivity contribution in [3.05, 3.63) is 33.9 Å². The number of esters is 1. The fourth-order valence-corrected chi connectivity index (χ4v) is 4.37. The molecule has 1 fully saturated rings. The number of carbonyl (C=O) groups is 2. The van der Waals surface area contributed by atoms with Crippen molar-refractivity contribution in [3.63, 3.8) is 0 Å². The average Bonchev–Trinajstić information content (AvgIpc) is 2.81. The Morgan fingerprint density at radius 3 is 2.53 bits per heavy atom. The van der Waals surface area contributed by atoms with Gasteiger partial charge in [-0.1, -0.05) is 19.3 Å². The Kier molecular flexibility index (Phi) is 11.8. The van der Waals surface area contributed by atoms with Gasteiger partial charge in [-0.15, -0.1) is 0 Å². The van der Waals surface area contributed by atoms with Crippen molar-refractivity contribution in [2.45, 2.75) is 90.2 Å². The molecular weight excluding hydrogens is 440 g/mol. The molecule has 34 heavy (non-hydrogen) atoms. The van der Waals surface area contributed by atoms with Gasteiger partial charge in [-0.25, -0.2) is 0 Å². The van der Waals surface area contributed by atoms with E-state index in [1.165, 1.54) is 38.5 Å². The highest BCUT2D eigenvalue weighted by atomic mass is 16.6. The molecule has 190 valence electrons. The highest BCUT2D eigenvalue weighted by molar-refractivity contribution is 5.76. The van der Waals surface area contributed by atoms with E-state index in [2.05, 4.69) is 0 Å². The van der Waals surface area contributed by atoms with Gasteiger partial charge in [-0.2, -0.15) is 0 Å². The quantitative estimate of drug-likeness (QED) is 0.178. The van der Waals surface area contributed by atoms with Crippen LogP contribution in [0.5, 0.6) is 5.75 Å². The fourth-order valence-electron chi connectivity index (χ4n) is 4.37. The summed E-state index contributed by atoms with van der Waals surface area (Å²) in [7, 11) is 0. The highest BCUT2D eigenvalue weighted by Gasteiger charge is 2.24. The molecule has 1 aromatic rings.